The molecular weight excluding hydrogens is 418 g/mol. The second-order valence-corrected chi connectivity index (χ2v) is 8.90. The smallest absolute Gasteiger partial charge is 0.328 e. The molecule has 0 aliphatic carbocycles. The fourth-order valence-corrected chi connectivity index (χ4v) is 5.42. The van der Waals surface area contributed by atoms with Crippen LogP contribution in [0.5, 0.6) is 0 Å². The van der Waals surface area contributed by atoms with Crippen LogP contribution in [-0.2, 0) is 30.7 Å². The summed E-state index contributed by atoms with van der Waals surface area (Å²) in [5.74, 6) is -0.931. The molecule has 8 heteroatoms. The lowest BCUT2D eigenvalue weighted by Gasteiger charge is -2.19. The van der Waals surface area contributed by atoms with E-state index >= 15 is 0 Å². The van der Waals surface area contributed by atoms with Crippen LogP contribution in [0.2, 0.25) is 0 Å². The van der Waals surface area contributed by atoms with Crippen molar-refractivity contribution in [2.24, 2.45) is 21.1 Å². The van der Waals surface area contributed by atoms with Gasteiger partial charge in [-0.3, -0.25) is 23.6 Å². The van der Waals surface area contributed by atoms with Crippen LogP contribution in [0.3, 0.4) is 0 Å². The highest BCUT2D eigenvalue weighted by molar-refractivity contribution is 6.11. The van der Waals surface area contributed by atoms with Gasteiger partial charge in [0.1, 0.15) is 0 Å². The molecule has 0 bridgehead atoms. The molecule has 33 heavy (non-hydrogen) atoms. The predicted molar refractivity (Wildman–Crippen MR) is 126 cm³/mol. The van der Waals surface area contributed by atoms with Gasteiger partial charge in [0, 0.05) is 57.0 Å². The highest BCUT2D eigenvalue weighted by Crippen LogP contribution is 2.46. The van der Waals surface area contributed by atoms with Gasteiger partial charge in [-0.1, -0.05) is 12.1 Å². The molecule has 2 aliphatic heterocycles. The molecule has 0 saturated carbocycles. The average molecular weight is 441 g/mol. The molecule has 6 rings (SSSR count). The number of benzene rings is 2. The van der Waals surface area contributed by atoms with Crippen molar-refractivity contribution in [2.75, 3.05) is 11.9 Å². The van der Waals surface area contributed by atoms with Gasteiger partial charge in [-0.15, -0.1) is 0 Å². The van der Waals surface area contributed by atoms with Crippen LogP contribution in [0.15, 0.2) is 58.7 Å². The van der Waals surface area contributed by atoms with Crippen LogP contribution in [0.4, 0.5) is 5.69 Å². The second kappa shape index (κ2) is 6.48. The Hall–Kier alpha value is -4.07. The van der Waals surface area contributed by atoms with Gasteiger partial charge in [-0.25, -0.2) is 4.79 Å². The molecule has 1 unspecified atom stereocenters. The van der Waals surface area contributed by atoms with Crippen molar-refractivity contribution >= 4 is 39.4 Å². The van der Waals surface area contributed by atoms with Crippen LogP contribution >= 0.6 is 0 Å². The normalized spacial score (nSPS) is 17.6. The Morgan fingerprint density at radius 2 is 1.76 bits per heavy atom. The molecule has 4 heterocycles. The Morgan fingerprint density at radius 1 is 1.00 bits per heavy atom. The summed E-state index contributed by atoms with van der Waals surface area (Å²) in [6.45, 7) is 1.64. The highest BCUT2D eigenvalue weighted by atomic mass is 16.2. The van der Waals surface area contributed by atoms with Crippen molar-refractivity contribution < 1.29 is 9.59 Å². The number of imide groups is 1. The largest absolute Gasteiger partial charge is 0.356 e. The van der Waals surface area contributed by atoms with Crippen LogP contribution in [0, 0.1) is 0 Å². The first-order valence-electron chi connectivity index (χ1n) is 10.8. The minimum absolute atomic E-state index is 0.100. The topological polar surface area (TPSA) is 81.3 Å². The lowest BCUT2D eigenvalue weighted by Crippen LogP contribution is -2.33. The van der Waals surface area contributed by atoms with E-state index in [0.29, 0.717) is 5.57 Å². The molecule has 2 aliphatic rings. The minimum atomic E-state index is -0.378. The number of rotatable bonds is 1. The number of imidazole rings is 1. The van der Waals surface area contributed by atoms with Gasteiger partial charge in [-0.2, -0.15) is 0 Å². The molecule has 2 aromatic carbocycles. The van der Waals surface area contributed by atoms with Gasteiger partial charge >= 0.3 is 5.69 Å². The summed E-state index contributed by atoms with van der Waals surface area (Å²) in [5.41, 5.74) is 6.73. The molecule has 166 valence electrons. The summed E-state index contributed by atoms with van der Waals surface area (Å²) in [4.78, 5) is 39.6. The molecule has 0 spiro atoms. The number of carbonyl (C=O) groups excluding carboxylic acids is 2. The standard InChI is InChI=1S/C25H23N5O3/c1-13(31)30-12-17-23(24(30)32)21(14-8-9-18-20(10-14)29(4)25(33)28(18)3)15-11-27(2)19-7-5-6-16(26-17)22(15)19/h5-11,21,26H,12H2,1-4H3. The fraction of sp³-hybridized carbons (Fsp3) is 0.240. The summed E-state index contributed by atoms with van der Waals surface area (Å²) in [5, 5.41) is 4.53. The summed E-state index contributed by atoms with van der Waals surface area (Å²) in [6, 6.07) is 11.9. The Kier molecular flexibility index (Phi) is 3.85. The zero-order chi connectivity index (χ0) is 23.2. The number of hydrogen-bond donors (Lipinski definition) is 1. The van der Waals surface area contributed by atoms with E-state index < -0.39 is 0 Å². The van der Waals surface area contributed by atoms with E-state index in [-0.39, 0.29) is 30.0 Å². The Balaban J connectivity index is 1.68. The highest BCUT2D eigenvalue weighted by Gasteiger charge is 2.41. The maximum atomic E-state index is 13.5. The molecule has 0 fully saturated rings. The Labute approximate surface area is 189 Å². The zero-order valence-corrected chi connectivity index (χ0v) is 18.8. The molecule has 2 amide bonds. The van der Waals surface area contributed by atoms with E-state index in [2.05, 4.69) is 22.1 Å². The third-order valence-corrected chi connectivity index (χ3v) is 7.06. The third kappa shape index (κ3) is 2.49. The third-order valence-electron chi connectivity index (χ3n) is 7.06. The van der Waals surface area contributed by atoms with Crippen molar-refractivity contribution in [2.45, 2.75) is 12.8 Å². The van der Waals surface area contributed by atoms with Crippen molar-refractivity contribution in [1.82, 2.24) is 18.6 Å². The fourth-order valence-electron chi connectivity index (χ4n) is 5.42. The summed E-state index contributed by atoms with van der Waals surface area (Å²) in [6.07, 6.45) is 2.06. The monoisotopic (exact) mass is 441 g/mol. The molecule has 1 atom stereocenters. The molecular formula is C25H23N5O3. The van der Waals surface area contributed by atoms with E-state index in [0.717, 1.165) is 44.4 Å². The van der Waals surface area contributed by atoms with E-state index in [1.54, 1.807) is 23.2 Å². The number of fused-ring (bicyclic) bond motifs is 1. The van der Waals surface area contributed by atoms with E-state index in [9.17, 15) is 14.4 Å². The number of carbonyl (C=O) groups is 2. The van der Waals surface area contributed by atoms with Crippen molar-refractivity contribution in [1.29, 1.82) is 0 Å². The van der Waals surface area contributed by atoms with Gasteiger partial charge in [0.05, 0.1) is 28.7 Å². The van der Waals surface area contributed by atoms with Gasteiger partial charge in [-0.05, 0) is 35.4 Å². The Morgan fingerprint density at radius 3 is 2.52 bits per heavy atom. The first-order valence-corrected chi connectivity index (χ1v) is 10.8. The molecule has 2 aromatic heterocycles. The number of anilines is 1. The van der Waals surface area contributed by atoms with Crippen LogP contribution < -0.4 is 11.0 Å². The maximum Gasteiger partial charge on any atom is 0.328 e. The summed E-state index contributed by atoms with van der Waals surface area (Å²) in [7, 11) is 5.50. The van der Waals surface area contributed by atoms with Crippen LogP contribution in [-0.4, -0.2) is 37.0 Å². The molecule has 1 N–H and O–H groups in total. The quantitative estimate of drug-likeness (QED) is 0.492. The predicted octanol–water partition coefficient (Wildman–Crippen LogP) is 2.57. The first-order chi connectivity index (χ1) is 15.8. The van der Waals surface area contributed by atoms with Gasteiger partial charge in [0.25, 0.3) is 5.91 Å². The van der Waals surface area contributed by atoms with Crippen molar-refractivity contribution in [3.05, 3.63) is 75.5 Å². The Bertz CT molecular complexity index is 1630. The van der Waals surface area contributed by atoms with Gasteiger partial charge in [0.2, 0.25) is 5.91 Å². The van der Waals surface area contributed by atoms with E-state index in [4.69, 9.17) is 0 Å². The van der Waals surface area contributed by atoms with Gasteiger partial charge < -0.3 is 9.88 Å². The number of nitrogens with zero attached hydrogens (tertiary/aromatic N) is 4. The maximum absolute atomic E-state index is 13.5. The molecule has 0 saturated heterocycles. The number of aryl methyl sites for hydroxylation is 3. The lowest BCUT2D eigenvalue weighted by molar-refractivity contribution is -0.139. The number of nitrogens with one attached hydrogen (secondary N) is 1. The molecule has 4 aromatic rings. The molecule has 8 nitrogen and oxygen atoms in total. The SMILES string of the molecule is CC(=O)N1CC2=C(C1=O)C(c1ccc3c(c1)n(C)c(=O)n3C)c1cn(C)c3cccc(c13)N2. The molecule has 0 radical (unpaired) electrons. The van der Waals surface area contributed by atoms with Crippen molar-refractivity contribution in [3.63, 3.8) is 0 Å². The average Bonchev–Trinajstić information content (AvgIpc) is 3.33. The van der Waals surface area contributed by atoms with E-state index in [1.807, 2.05) is 37.4 Å². The van der Waals surface area contributed by atoms with Gasteiger partial charge in [0.15, 0.2) is 0 Å². The number of amides is 2. The zero-order valence-electron chi connectivity index (χ0n) is 18.8. The summed E-state index contributed by atoms with van der Waals surface area (Å²) < 4.78 is 5.30. The lowest BCUT2D eigenvalue weighted by atomic mass is 9.84. The van der Waals surface area contributed by atoms with E-state index in [1.165, 1.54) is 11.8 Å². The van der Waals surface area contributed by atoms with Crippen molar-refractivity contribution in [3.8, 4) is 0 Å². The second-order valence-electron chi connectivity index (χ2n) is 8.90. The van der Waals surface area contributed by atoms with Crippen LogP contribution in [0.25, 0.3) is 21.9 Å². The number of hydrogen-bond acceptors (Lipinski definition) is 4. The summed E-state index contributed by atoms with van der Waals surface area (Å²) >= 11 is 0. The van der Waals surface area contributed by atoms with Crippen LogP contribution in [0.1, 0.15) is 24.0 Å². The number of aromatic nitrogens is 3. The minimum Gasteiger partial charge on any atom is -0.356 e. The first kappa shape index (κ1) is 19.6.